The van der Waals surface area contributed by atoms with Crippen LogP contribution >= 0.6 is 0 Å². The van der Waals surface area contributed by atoms with Gasteiger partial charge in [0.15, 0.2) is 12.3 Å². The van der Waals surface area contributed by atoms with Crippen molar-refractivity contribution in [1.82, 2.24) is 9.55 Å². The van der Waals surface area contributed by atoms with E-state index >= 15 is 0 Å². The summed E-state index contributed by atoms with van der Waals surface area (Å²) in [4.78, 5) is 52.1. The number of hydrogen-bond donors (Lipinski definition) is 2. The molecule has 10 heteroatoms. The zero-order valence-electron chi connectivity index (χ0n) is 17.1. The third-order valence-corrected chi connectivity index (χ3v) is 3.73. The monoisotopic (exact) mass is 408 g/mol. The van der Waals surface area contributed by atoms with Crippen LogP contribution in [0.4, 0.5) is 11.5 Å². The van der Waals surface area contributed by atoms with E-state index in [0.717, 1.165) is 11.0 Å². The molecule has 0 atom stereocenters. The fraction of sp³-hybridized carbons (Fsp3) is 0.474. The van der Waals surface area contributed by atoms with Crippen LogP contribution in [-0.2, 0) is 25.6 Å². The molecule has 1 aromatic rings. The number of aromatic amines is 1. The standard InChI is InChI=1S/C19H28N4O6/c1-5-6-7-8-15(25)29-12-14(24)22(9-10-28-4)16-17(20)23(11-13(2)3)19(27)21-18(16)26/h5-8,13H,9-12,20H2,1-4H3,(H,21,26,27)/b6-5+,8-7+. The highest BCUT2D eigenvalue weighted by atomic mass is 16.5. The van der Waals surface area contributed by atoms with Crippen molar-refractivity contribution in [3.63, 3.8) is 0 Å². The first kappa shape index (κ1) is 23.9. The molecule has 1 rings (SSSR count). The Balaban J connectivity index is 3.21. The number of H-pyrrole nitrogens is 1. The van der Waals surface area contributed by atoms with Gasteiger partial charge in [0.25, 0.3) is 11.5 Å². The number of amides is 1. The lowest BCUT2D eigenvalue weighted by Gasteiger charge is -2.24. The van der Waals surface area contributed by atoms with Gasteiger partial charge < -0.3 is 15.2 Å². The number of aromatic nitrogens is 2. The highest BCUT2D eigenvalue weighted by Gasteiger charge is 2.25. The highest BCUT2D eigenvalue weighted by molar-refractivity contribution is 5.97. The van der Waals surface area contributed by atoms with Crippen LogP contribution in [0.3, 0.4) is 0 Å². The first-order valence-corrected chi connectivity index (χ1v) is 9.10. The molecule has 0 bridgehead atoms. The van der Waals surface area contributed by atoms with Crippen LogP contribution in [0, 0.1) is 5.92 Å². The van der Waals surface area contributed by atoms with Crippen LogP contribution < -0.4 is 21.9 Å². The van der Waals surface area contributed by atoms with Gasteiger partial charge >= 0.3 is 11.7 Å². The van der Waals surface area contributed by atoms with Crippen molar-refractivity contribution in [3.05, 3.63) is 45.1 Å². The predicted octanol–water partition coefficient (Wildman–Crippen LogP) is 0.430. The van der Waals surface area contributed by atoms with Gasteiger partial charge in [-0.05, 0) is 12.8 Å². The van der Waals surface area contributed by atoms with Crippen molar-refractivity contribution in [1.29, 1.82) is 0 Å². The van der Waals surface area contributed by atoms with Gasteiger partial charge in [-0.25, -0.2) is 9.59 Å². The number of rotatable bonds is 10. The van der Waals surface area contributed by atoms with E-state index < -0.39 is 29.7 Å². The summed E-state index contributed by atoms with van der Waals surface area (Å²) in [7, 11) is 1.43. The summed E-state index contributed by atoms with van der Waals surface area (Å²) >= 11 is 0. The molecule has 29 heavy (non-hydrogen) atoms. The van der Waals surface area contributed by atoms with E-state index in [1.807, 2.05) is 13.8 Å². The lowest BCUT2D eigenvalue weighted by atomic mass is 10.2. The lowest BCUT2D eigenvalue weighted by Crippen LogP contribution is -2.44. The van der Waals surface area contributed by atoms with E-state index in [4.69, 9.17) is 15.2 Å². The van der Waals surface area contributed by atoms with Gasteiger partial charge in [-0.3, -0.25) is 24.0 Å². The number of nitrogen functional groups attached to an aromatic ring is 1. The maximum atomic E-state index is 12.7. The Kier molecular flexibility index (Phi) is 9.60. The van der Waals surface area contributed by atoms with E-state index in [1.165, 1.54) is 17.8 Å². The summed E-state index contributed by atoms with van der Waals surface area (Å²) in [5.41, 5.74) is 4.40. The first-order chi connectivity index (χ1) is 13.7. The van der Waals surface area contributed by atoms with Crippen molar-refractivity contribution < 1.29 is 19.1 Å². The van der Waals surface area contributed by atoms with Crippen LogP contribution in [-0.4, -0.2) is 48.3 Å². The second-order valence-electron chi connectivity index (χ2n) is 6.53. The zero-order chi connectivity index (χ0) is 22.0. The van der Waals surface area contributed by atoms with E-state index in [1.54, 1.807) is 19.1 Å². The largest absolute Gasteiger partial charge is 0.452 e. The molecule has 3 N–H and O–H groups in total. The van der Waals surface area contributed by atoms with Crippen molar-refractivity contribution in [3.8, 4) is 0 Å². The van der Waals surface area contributed by atoms with E-state index in [-0.39, 0.29) is 37.1 Å². The van der Waals surface area contributed by atoms with Gasteiger partial charge in [-0.1, -0.05) is 32.1 Å². The number of carbonyl (C=O) groups is 2. The summed E-state index contributed by atoms with van der Waals surface area (Å²) < 4.78 is 11.1. The minimum atomic E-state index is -0.809. The Morgan fingerprint density at radius 2 is 1.97 bits per heavy atom. The van der Waals surface area contributed by atoms with Crippen molar-refractivity contribution >= 4 is 23.4 Å². The van der Waals surface area contributed by atoms with Crippen LogP contribution in [0.2, 0.25) is 0 Å². The van der Waals surface area contributed by atoms with Crippen LogP contribution in [0.5, 0.6) is 0 Å². The van der Waals surface area contributed by atoms with Crippen molar-refractivity contribution in [2.75, 3.05) is 37.5 Å². The number of anilines is 2. The molecule has 0 aliphatic rings. The molecule has 0 fully saturated rings. The Hall–Kier alpha value is -3.14. The second kappa shape index (κ2) is 11.6. The molecular formula is C19H28N4O6. The molecule has 0 unspecified atom stereocenters. The number of allylic oxidation sites excluding steroid dienone is 3. The number of carbonyl (C=O) groups excluding carboxylic acids is 2. The number of hydrogen-bond acceptors (Lipinski definition) is 7. The average Bonchev–Trinajstić information content (AvgIpc) is 2.65. The summed E-state index contributed by atoms with van der Waals surface area (Å²) in [5.74, 6) is -1.46. The molecule has 0 saturated carbocycles. The van der Waals surface area contributed by atoms with E-state index in [0.29, 0.717) is 0 Å². The molecule has 1 heterocycles. The molecule has 0 aliphatic carbocycles. The SMILES string of the molecule is C/C=C/C=C/C(=O)OCC(=O)N(CCOC)c1c(N)n(CC(C)C)c(=O)[nH]c1=O. The van der Waals surface area contributed by atoms with Gasteiger partial charge in [-0.2, -0.15) is 0 Å². The summed E-state index contributed by atoms with van der Waals surface area (Å²) in [5, 5.41) is 0. The number of ether oxygens (including phenoxy) is 2. The molecule has 0 radical (unpaired) electrons. The molecule has 0 saturated heterocycles. The Morgan fingerprint density at radius 1 is 1.28 bits per heavy atom. The lowest BCUT2D eigenvalue weighted by molar-refractivity contribution is -0.143. The highest BCUT2D eigenvalue weighted by Crippen LogP contribution is 2.18. The van der Waals surface area contributed by atoms with Crippen molar-refractivity contribution in [2.24, 2.45) is 5.92 Å². The van der Waals surface area contributed by atoms with Gasteiger partial charge in [0.1, 0.15) is 5.82 Å². The third-order valence-electron chi connectivity index (χ3n) is 3.73. The second-order valence-corrected chi connectivity index (χ2v) is 6.53. The molecule has 0 aliphatic heterocycles. The molecule has 0 aromatic carbocycles. The first-order valence-electron chi connectivity index (χ1n) is 9.10. The summed E-state index contributed by atoms with van der Waals surface area (Å²) in [6.07, 6.45) is 5.99. The third kappa shape index (κ3) is 7.07. The minimum Gasteiger partial charge on any atom is -0.452 e. The zero-order valence-corrected chi connectivity index (χ0v) is 17.1. The maximum Gasteiger partial charge on any atom is 0.331 e. The fourth-order valence-corrected chi connectivity index (χ4v) is 2.43. The number of nitrogens with two attached hydrogens (primary N) is 1. The van der Waals surface area contributed by atoms with Crippen LogP contribution in [0.1, 0.15) is 20.8 Å². The molecule has 160 valence electrons. The smallest absolute Gasteiger partial charge is 0.331 e. The topological polar surface area (TPSA) is 137 Å². The maximum absolute atomic E-state index is 12.7. The molecule has 0 spiro atoms. The van der Waals surface area contributed by atoms with Crippen molar-refractivity contribution in [2.45, 2.75) is 27.3 Å². The molecular weight excluding hydrogens is 380 g/mol. The minimum absolute atomic E-state index is 0.0194. The van der Waals surface area contributed by atoms with E-state index in [9.17, 15) is 19.2 Å². The van der Waals surface area contributed by atoms with Gasteiger partial charge in [0.2, 0.25) is 0 Å². The average molecular weight is 408 g/mol. The Morgan fingerprint density at radius 3 is 2.55 bits per heavy atom. The molecule has 1 aromatic heterocycles. The molecule has 1 amide bonds. The number of nitrogens with zero attached hydrogens (tertiary/aromatic N) is 2. The quantitative estimate of drug-likeness (QED) is 0.325. The van der Waals surface area contributed by atoms with Gasteiger partial charge in [0, 0.05) is 26.3 Å². The summed E-state index contributed by atoms with van der Waals surface area (Å²) in [6, 6.07) is 0. The van der Waals surface area contributed by atoms with E-state index in [2.05, 4.69) is 4.98 Å². The number of nitrogens with one attached hydrogen (secondary N) is 1. The van der Waals surface area contributed by atoms with Crippen LogP contribution in [0.25, 0.3) is 0 Å². The Bertz CT molecular complexity index is 882. The number of methoxy groups -OCH3 is 1. The Labute approximate surface area is 168 Å². The summed E-state index contributed by atoms with van der Waals surface area (Å²) in [6.45, 7) is 5.28. The molecule has 10 nitrogen and oxygen atoms in total. The van der Waals surface area contributed by atoms with Crippen LogP contribution in [0.15, 0.2) is 33.9 Å². The fourth-order valence-electron chi connectivity index (χ4n) is 2.43. The number of esters is 1. The normalized spacial score (nSPS) is 11.5. The van der Waals surface area contributed by atoms with Gasteiger partial charge in [-0.15, -0.1) is 0 Å². The van der Waals surface area contributed by atoms with Gasteiger partial charge in [0.05, 0.1) is 6.61 Å². The predicted molar refractivity (Wildman–Crippen MR) is 110 cm³/mol.